The van der Waals surface area contributed by atoms with Gasteiger partial charge in [0.15, 0.2) is 0 Å². The monoisotopic (exact) mass is 337 g/mol. The number of unbranched alkanes of at least 4 members (excludes halogenated alkanes) is 3. The lowest BCUT2D eigenvalue weighted by atomic mass is 9.94. The van der Waals surface area contributed by atoms with Gasteiger partial charge in [-0.2, -0.15) is 0 Å². The molecule has 0 spiro atoms. The van der Waals surface area contributed by atoms with Gasteiger partial charge in [0.1, 0.15) is 0 Å². The van der Waals surface area contributed by atoms with Crippen LogP contribution in [0, 0.1) is 0 Å². The zero-order chi connectivity index (χ0) is 17.6. The van der Waals surface area contributed by atoms with E-state index in [-0.39, 0.29) is 0 Å². The highest BCUT2D eigenvalue weighted by Crippen LogP contribution is 2.38. The number of carboxylic acid groups (broad SMARTS) is 1. The highest BCUT2D eigenvalue weighted by molar-refractivity contribution is 5.86. The second-order valence-electron chi connectivity index (χ2n) is 6.79. The summed E-state index contributed by atoms with van der Waals surface area (Å²) in [5.41, 5.74) is 6.41. The molecule has 0 amide bonds. The van der Waals surface area contributed by atoms with Crippen molar-refractivity contribution < 1.29 is 9.90 Å². The summed E-state index contributed by atoms with van der Waals surface area (Å²) in [5.74, 6) is -0.883. The molecule has 0 atom stereocenters. The van der Waals surface area contributed by atoms with Gasteiger partial charge < -0.3 is 9.67 Å². The first-order chi connectivity index (χ1) is 12.2. The van der Waals surface area contributed by atoms with Crippen LogP contribution in [0.25, 0.3) is 17.2 Å². The number of aliphatic carboxylic acids is 1. The average Bonchev–Trinajstić information content (AvgIpc) is 3.18. The van der Waals surface area contributed by atoms with E-state index in [0.717, 1.165) is 37.9 Å². The van der Waals surface area contributed by atoms with Gasteiger partial charge in [0.05, 0.1) is 0 Å². The first-order valence-corrected chi connectivity index (χ1v) is 9.43. The molecule has 3 rings (SSSR count). The quantitative estimate of drug-likeness (QED) is 0.523. The van der Waals surface area contributed by atoms with Crippen molar-refractivity contribution in [2.75, 3.05) is 0 Å². The summed E-state index contributed by atoms with van der Waals surface area (Å²) in [6, 6.07) is 10.6. The van der Waals surface area contributed by atoms with Crippen LogP contribution in [0.4, 0.5) is 0 Å². The molecule has 0 fully saturated rings. The fraction of sp³-hybridized carbons (Fsp3) is 0.409. The fourth-order valence-electron chi connectivity index (χ4n) is 3.93. The van der Waals surface area contributed by atoms with Crippen molar-refractivity contribution in [2.45, 2.75) is 58.4 Å². The molecule has 0 saturated heterocycles. The molecule has 3 nitrogen and oxygen atoms in total. The van der Waals surface area contributed by atoms with Crippen LogP contribution in [-0.4, -0.2) is 15.6 Å². The standard InChI is InChI=1S/C22H27NO2/c1-2-3-4-8-12-18-19(14-15-21(24)25)23-16-9-13-20(23)22(18)17-10-6-5-7-11-17/h5-7,10-11,14-15H,2-4,8-9,12-13,16H2,1H3,(H,24,25). The van der Waals surface area contributed by atoms with Crippen molar-refractivity contribution in [3.63, 3.8) is 0 Å². The first-order valence-electron chi connectivity index (χ1n) is 9.43. The van der Waals surface area contributed by atoms with E-state index in [0.29, 0.717) is 0 Å². The maximum atomic E-state index is 11.1. The van der Waals surface area contributed by atoms with Gasteiger partial charge in [-0.3, -0.25) is 0 Å². The molecule has 1 aliphatic rings. The van der Waals surface area contributed by atoms with Crippen molar-refractivity contribution in [3.8, 4) is 11.1 Å². The second kappa shape index (κ2) is 8.19. The van der Waals surface area contributed by atoms with Gasteiger partial charge in [-0.15, -0.1) is 0 Å². The van der Waals surface area contributed by atoms with Crippen molar-refractivity contribution in [1.29, 1.82) is 0 Å². The highest BCUT2D eigenvalue weighted by Gasteiger charge is 2.25. The first kappa shape index (κ1) is 17.5. The van der Waals surface area contributed by atoms with Gasteiger partial charge in [-0.25, -0.2) is 4.79 Å². The van der Waals surface area contributed by atoms with Crippen LogP contribution >= 0.6 is 0 Å². The normalized spacial score (nSPS) is 13.5. The zero-order valence-electron chi connectivity index (χ0n) is 15.0. The Bertz CT molecular complexity index is 756. The van der Waals surface area contributed by atoms with Gasteiger partial charge in [-0.05, 0) is 42.9 Å². The molecule has 1 N–H and O–H groups in total. The Morgan fingerprint density at radius 2 is 2.00 bits per heavy atom. The van der Waals surface area contributed by atoms with E-state index >= 15 is 0 Å². The van der Waals surface area contributed by atoms with Crippen LogP contribution in [-0.2, 0) is 24.2 Å². The molecule has 0 unspecified atom stereocenters. The smallest absolute Gasteiger partial charge is 0.328 e. The van der Waals surface area contributed by atoms with Crippen LogP contribution in [0.3, 0.4) is 0 Å². The molecule has 0 aliphatic carbocycles. The number of hydrogen-bond donors (Lipinski definition) is 1. The molecule has 132 valence electrons. The van der Waals surface area contributed by atoms with E-state index in [9.17, 15) is 4.79 Å². The number of aromatic nitrogens is 1. The number of benzene rings is 1. The molecular formula is C22H27NO2. The van der Waals surface area contributed by atoms with Crippen molar-refractivity contribution in [2.24, 2.45) is 0 Å². The van der Waals surface area contributed by atoms with E-state index in [1.807, 2.05) is 6.07 Å². The van der Waals surface area contributed by atoms with Gasteiger partial charge >= 0.3 is 5.97 Å². The predicted molar refractivity (Wildman–Crippen MR) is 103 cm³/mol. The topological polar surface area (TPSA) is 42.2 Å². The molecule has 2 heterocycles. The third-order valence-corrected chi connectivity index (χ3v) is 5.04. The van der Waals surface area contributed by atoms with Gasteiger partial charge in [0, 0.05) is 29.6 Å². The third kappa shape index (κ3) is 3.87. The predicted octanol–water partition coefficient (Wildman–Crippen LogP) is 5.32. The molecule has 0 bridgehead atoms. The summed E-state index contributed by atoms with van der Waals surface area (Å²) < 4.78 is 2.34. The number of carboxylic acids is 1. The van der Waals surface area contributed by atoms with E-state index < -0.39 is 5.97 Å². The molecule has 1 aromatic heterocycles. The molecule has 25 heavy (non-hydrogen) atoms. The van der Waals surface area contributed by atoms with E-state index in [1.165, 1.54) is 47.7 Å². The van der Waals surface area contributed by atoms with Crippen LogP contribution < -0.4 is 0 Å². The number of hydrogen-bond acceptors (Lipinski definition) is 1. The number of fused-ring (bicyclic) bond motifs is 1. The van der Waals surface area contributed by atoms with Crippen LogP contribution in [0.5, 0.6) is 0 Å². The molecule has 1 aliphatic heterocycles. The Hall–Kier alpha value is -2.29. The maximum absolute atomic E-state index is 11.1. The number of nitrogens with zero attached hydrogens (tertiary/aromatic N) is 1. The van der Waals surface area contributed by atoms with Crippen LogP contribution in [0.1, 0.15) is 56.0 Å². The molecule has 0 saturated carbocycles. The summed E-state index contributed by atoms with van der Waals surface area (Å²) in [4.78, 5) is 11.1. The summed E-state index contributed by atoms with van der Waals surface area (Å²) in [6.07, 6.45) is 11.2. The Kier molecular flexibility index (Phi) is 5.75. The van der Waals surface area contributed by atoms with Gasteiger partial charge in [-0.1, -0.05) is 56.5 Å². The zero-order valence-corrected chi connectivity index (χ0v) is 15.0. The third-order valence-electron chi connectivity index (χ3n) is 5.04. The minimum Gasteiger partial charge on any atom is -0.478 e. The second-order valence-corrected chi connectivity index (χ2v) is 6.79. The lowest BCUT2D eigenvalue weighted by Gasteiger charge is -2.09. The Morgan fingerprint density at radius 3 is 2.72 bits per heavy atom. The highest BCUT2D eigenvalue weighted by atomic mass is 16.4. The lowest BCUT2D eigenvalue weighted by molar-refractivity contribution is -0.131. The SMILES string of the molecule is CCCCCCc1c(-c2ccccc2)c2n(c1C=CC(=O)O)CCC2. The Balaban J connectivity index is 2.05. The van der Waals surface area contributed by atoms with Crippen molar-refractivity contribution in [1.82, 2.24) is 4.57 Å². The van der Waals surface area contributed by atoms with Gasteiger partial charge in [0.25, 0.3) is 0 Å². The van der Waals surface area contributed by atoms with Crippen LogP contribution in [0.15, 0.2) is 36.4 Å². The van der Waals surface area contributed by atoms with Crippen LogP contribution in [0.2, 0.25) is 0 Å². The fourth-order valence-corrected chi connectivity index (χ4v) is 3.93. The average molecular weight is 337 g/mol. The minimum atomic E-state index is -0.883. The van der Waals surface area contributed by atoms with E-state index in [4.69, 9.17) is 5.11 Å². The number of rotatable bonds is 8. The Morgan fingerprint density at radius 1 is 1.20 bits per heavy atom. The molecule has 2 aromatic rings. The van der Waals surface area contributed by atoms with Crippen molar-refractivity contribution in [3.05, 3.63) is 53.4 Å². The Labute approximate surface area is 150 Å². The summed E-state index contributed by atoms with van der Waals surface area (Å²) in [7, 11) is 0. The lowest BCUT2D eigenvalue weighted by Crippen LogP contribution is -1.98. The maximum Gasteiger partial charge on any atom is 0.328 e. The molecule has 0 radical (unpaired) electrons. The summed E-state index contributed by atoms with van der Waals surface area (Å²) in [5, 5.41) is 9.09. The van der Waals surface area contributed by atoms with Crippen molar-refractivity contribution >= 4 is 12.0 Å². The molecular weight excluding hydrogens is 310 g/mol. The number of carbonyl (C=O) groups is 1. The minimum absolute atomic E-state index is 0.883. The molecule has 3 heteroatoms. The van der Waals surface area contributed by atoms with E-state index in [2.05, 4.69) is 35.8 Å². The van der Waals surface area contributed by atoms with Gasteiger partial charge in [0.2, 0.25) is 0 Å². The summed E-state index contributed by atoms with van der Waals surface area (Å²) in [6.45, 7) is 3.22. The molecule has 1 aromatic carbocycles. The largest absolute Gasteiger partial charge is 0.478 e. The van der Waals surface area contributed by atoms with E-state index in [1.54, 1.807) is 6.08 Å². The summed E-state index contributed by atoms with van der Waals surface area (Å²) >= 11 is 0.